The van der Waals surface area contributed by atoms with E-state index in [1.54, 1.807) is 18.2 Å². The molecule has 0 saturated carbocycles. The number of ketones is 1. The van der Waals surface area contributed by atoms with Crippen molar-refractivity contribution in [3.8, 4) is 0 Å². The highest BCUT2D eigenvalue weighted by Gasteiger charge is 2.21. The molecule has 0 spiro atoms. The molecular weight excluding hydrogens is 240 g/mol. The highest BCUT2D eigenvalue weighted by atomic mass is 35.5. The number of benzene rings is 1. The van der Waals surface area contributed by atoms with Crippen molar-refractivity contribution in [2.24, 2.45) is 0 Å². The van der Waals surface area contributed by atoms with E-state index in [9.17, 15) is 4.79 Å². The van der Waals surface area contributed by atoms with Gasteiger partial charge in [0.2, 0.25) is 0 Å². The van der Waals surface area contributed by atoms with Crippen molar-refractivity contribution < 1.29 is 4.79 Å². The molecule has 1 aromatic carbocycles. The number of hydrogen-bond donors (Lipinski definition) is 0. The van der Waals surface area contributed by atoms with Crippen LogP contribution in [-0.2, 0) is 0 Å². The number of carbonyl (C=O) groups is 1. The van der Waals surface area contributed by atoms with Crippen LogP contribution in [0.3, 0.4) is 0 Å². The number of carbonyl (C=O) groups excluding carboxylic acids is 1. The number of fused-ring (bicyclic) bond motifs is 1. The molecule has 3 heteroatoms. The van der Waals surface area contributed by atoms with Crippen molar-refractivity contribution in [1.82, 2.24) is 0 Å². The van der Waals surface area contributed by atoms with Crippen LogP contribution in [-0.4, -0.2) is 10.6 Å². The molecule has 0 amide bonds. The van der Waals surface area contributed by atoms with Crippen LogP contribution in [0.15, 0.2) is 29.8 Å². The van der Waals surface area contributed by atoms with Gasteiger partial charge in [-0.1, -0.05) is 43.2 Å². The van der Waals surface area contributed by atoms with Crippen molar-refractivity contribution in [3.05, 3.63) is 46.0 Å². The van der Waals surface area contributed by atoms with Crippen LogP contribution in [0.1, 0.15) is 35.7 Å². The summed E-state index contributed by atoms with van der Waals surface area (Å²) in [4.78, 5) is 12.7. The number of thiocarbonyl (C=S) groups is 1. The summed E-state index contributed by atoms with van der Waals surface area (Å²) in [7, 11) is 0. The molecule has 0 unspecified atom stereocenters. The first-order valence-electron chi connectivity index (χ1n) is 5.22. The van der Waals surface area contributed by atoms with E-state index >= 15 is 0 Å². The second-order valence-electron chi connectivity index (χ2n) is 3.80. The lowest BCUT2D eigenvalue weighted by Crippen LogP contribution is -2.15. The van der Waals surface area contributed by atoms with E-state index in [4.69, 9.17) is 23.8 Å². The van der Waals surface area contributed by atoms with Crippen LogP contribution >= 0.6 is 23.8 Å². The standard InChI is InChI=1S/C13H11ClOS/c1-2-3-8-6-12(15)11-7-9(14)4-5-10(11)13(8)16/h4-7H,2-3H2,1H3. The Hall–Kier alpha value is -0.990. The molecule has 0 saturated heterocycles. The van der Waals surface area contributed by atoms with Gasteiger partial charge in [0.25, 0.3) is 0 Å². The Bertz CT molecular complexity index is 503. The van der Waals surface area contributed by atoms with E-state index in [0.29, 0.717) is 10.6 Å². The summed E-state index contributed by atoms with van der Waals surface area (Å²) in [6.07, 6.45) is 3.49. The third-order valence-corrected chi connectivity index (χ3v) is 3.33. The molecule has 0 bridgehead atoms. The minimum Gasteiger partial charge on any atom is -0.289 e. The van der Waals surface area contributed by atoms with E-state index in [-0.39, 0.29) is 5.78 Å². The molecule has 2 rings (SSSR count). The van der Waals surface area contributed by atoms with Crippen molar-refractivity contribution >= 4 is 34.5 Å². The van der Waals surface area contributed by atoms with Crippen LogP contribution < -0.4 is 0 Å². The van der Waals surface area contributed by atoms with Gasteiger partial charge in [-0.2, -0.15) is 0 Å². The SMILES string of the molecule is CCCC1=CC(=O)c2cc(Cl)ccc2C1=S. The number of hydrogen-bond acceptors (Lipinski definition) is 2. The highest BCUT2D eigenvalue weighted by molar-refractivity contribution is 7.81. The average Bonchev–Trinajstić information content (AvgIpc) is 2.26. The monoisotopic (exact) mass is 250 g/mol. The summed E-state index contributed by atoms with van der Waals surface area (Å²) >= 11 is 11.3. The smallest absolute Gasteiger partial charge is 0.186 e. The molecule has 1 aliphatic rings. The normalized spacial score (nSPS) is 14.8. The van der Waals surface area contributed by atoms with E-state index in [0.717, 1.165) is 28.8 Å². The van der Waals surface area contributed by atoms with E-state index in [2.05, 4.69) is 6.92 Å². The molecule has 1 aromatic rings. The molecule has 82 valence electrons. The Morgan fingerprint density at radius 2 is 2.06 bits per heavy atom. The quantitative estimate of drug-likeness (QED) is 0.739. The fourth-order valence-corrected chi connectivity index (χ4v) is 2.36. The number of rotatable bonds is 2. The largest absolute Gasteiger partial charge is 0.289 e. The van der Waals surface area contributed by atoms with Gasteiger partial charge in [0, 0.05) is 21.0 Å². The molecule has 1 aliphatic carbocycles. The number of halogens is 1. The maximum Gasteiger partial charge on any atom is 0.186 e. The van der Waals surface area contributed by atoms with Crippen LogP contribution in [0.5, 0.6) is 0 Å². The third kappa shape index (κ3) is 1.95. The van der Waals surface area contributed by atoms with E-state index in [1.165, 1.54) is 0 Å². The lowest BCUT2D eigenvalue weighted by atomic mass is 9.89. The Kier molecular flexibility index (Phi) is 3.22. The summed E-state index contributed by atoms with van der Waals surface area (Å²) in [5.41, 5.74) is 2.44. The van der Waals surface area contributed by atoms with E-state index < -0.39 is 0 Å². The number of allylic oxidation sites excluding steroid dienone is 2. The van der Waals surface area contributed by atoms with Crippen LogP contribution in [0.2, 0.25) is 5.02 Å². The highest BCUT2D eigenvalue weighted by Crippen LogP contribution is 2.26. The van der Waals surface area contributed by atoms with Gasteiger partial charge in [0.05, 0.1) is 0 Å². The summed E-state index contributed by atoms with van der Waals surface area (Å²) in [6.45, 7) is 2.07. The first-order valence-corrected chi connectivity index (χ1v) is 6.01. The van der Waals surface area contributed by atoms with Gasteiger partial charge in [-0.15, -0.1) is 0 Å². The lowest BCUT2D eigenvalue weighted by Gasteiger charge is -2.17. The fraction of sp³-hybridized carbons (Fsp3) is 0.231. The zero-order chi connectivity index (χ0) is 11.7. The zero-order valence-electron chi connectivity index (χ0n) is 8.92. The summed E-state index contributed by atoms with van der Waals surface area (Å²) < 4.78 is 0. The van der Waals surface area contributed by atoms with Gasteiger partial charge in [0.15, 0.2) is 5.78 Å². The van der Waals surface area contributed by atoms with Gasteiger partial charge >= 0.3 is 0 Å². The predicted octanol–water partition coefficient (Wildman–Crippen LogP) is 3.98. The third-order valence-electron chi connectivity index (χ3n) is 2.61. The molecule has 0 radical (unpaired) electrons. The van der Waals surface area contributed by atoms with Crippen molar-refractivity contribution in [2.75, 3.05) is 0 Å². The first-order chi connectivity index (χ1) is 7.63. The summed E-state index contributed by atoms with van der Waals surface area (Å²) in [5.74, 6) is 0.00884. The van der Waals surface area contributed by atoms with Crippen molar-refractivity contribution in [1.29, 1.82) is 0 Å². The summed E-state index contributed by atoms with van der Waals surface area (Å²) in [6, 6.07) is 5.29. The van der Waals surface area contributed by atoms with Gasteiger partial charge in [-0.3, -0.25) is 4.79 Å². The fourth-order valence-electron chi connectivity index (χ4n) is 1.85. The average molecular weight is 251 g/mol. The van der Waals surface area contributed by atoms with Gasteiger partial charge in [-0.05, 0) is 30.2 Å². The Labute approximate surface area is 105 Å². The second kappa shape index (κ2) is 4.48. The minimum atomic E-state index is 0.00884. The molecule has 0 fully saturated rings. The lowest BCUT2D eigenvalue weighted by molar-refractivity contribution is 0.104. The van der Waals surface area contributed by atoms with Crippen LogP contribution in [0, 0.1) is 0 Å². The topological polar surface area (TPSA) is 17.1 Å². The van der Waals surface area contributed by atoms with Crippen molar-refractivity contribution in [2.45, 2.75) is 19.8 Å². The van der Waals surface area contributed by atoms with Gasteiger partial charge in [-0.25, -0.2) is 0 Å². The van der Waals surface area contributed by atoms with Gasteiger partial charge < -0.3 is 0 Å². The predicted molar refractivity (Wildman–Crippen MR) is 70.5 cm³/mol. The second-order valence-corrected chi connectivity index (χ2v) is 4.65. The molecule has 16 heavy (non-hydrogen) atoms. The van der Waals surface area contributed by atoms with E-state index in [1.807, 2.05) is 6.07 Å². The van der Waals surface area contributed by atoms with Crippen LogP contribution in [0.25, 0.3) is 0 Å². The molecule has 1 nitrogen and oxygen atoms in total. The molecule has 0 aliphatic heterocycles. The zero-order valence-corrected chi connectivity index (χ0v) is 10.5. The molecule has 0 heterocycles. The molecule has 0 aromatic heterocycles. The van der Waals surface area contributed by atoms with Crippen molar-refractivity contribution in [3.63, 3.8) is 0 Å². The van der Waals surface area contributed by atoms with Gasteiger partial charge in [0.1, 0.15) is 0 Å². The molecule has 0 atom stereocenters. The Morgan fingerprint density at radius 1 is 1.31 bits per heavy atom. The first kappa shape index (κ1) is 11.5. The Morgan fingerprint density at radius 3 is 2.75 bits per heavy atom. The maximum absolute atomic E-state index is 11.9. The summed E-state index contributed by atoms with van der Waals surface area (Å²) in [5, 5.41) is 0.572. The molecular formula is C13H11ClOS. The maximum atomic E-state index is 11.9. The molecule has 0 N–H and O–H groups in total. The minimum absolute atomic E-state index is 0.00884. The van der Waals surface area contributed by atoms with Crippen LogP contribution in [0.4, 0.5) is 0 Å². The Balaban J connectivity index is 2.51.